The van der Waals surface area contributed by atoms with E-state index >= 15 is 0 Å². The predicted octanol–water partition coefficient (Wildman–Crippen LogP) is 5.99. The molecule has 2 aromatic carbocycles. The van der Waals surface area contributed by atoms with Crippen LogP contribution in [0.2, 0.25) is 0 Å². The molecule has 2 amide bonds. The van der Waals surface area contributed by atoms with Crippen molar-refractivity contribution in [2.24, 2.45) is 0 Å². The second-order valence-corrected chi connectivity index (χ2v) is 11.4. The number of rotatable bonds is 5. The average molecular weight is 561 g/mol. The Morgan fingerprint density at radius 3 is 2.64 bits per heavy atom. The van der Waals surface area contributed by atoms with Crippen molar-refractivity contribution in [2.45, 2.75) is 58.8 Å². The van der Waals surface area contributed by atoms with Gasteiger partial charge in [0.2, 0.25) is 0 Å². The molecule has 7 nitrogen and oxygen atoms in total. The molecule has 0 spiro atoms. The molecule has 214 valence electrons. The van der Waals surface area contributed by atoms with Crippen LogP contribution in [-0.2, 0) is 19.6 Å². The normalized spacial score (nSPS) is 16.5. The number of fused-ring (bicyclic) bond motifs is 2. The minimum absolute atomic E-state index is 0.0778. The zero-order valence-electron chi connectivity index (χ0n) is 24.4. The van der Waals surface area contributed by atoms with Crippen LogP contribution in [0.25, 0.3) is 5.57 Å². The maximum Gasteiger partial charge on any atom is 0.270 e. The van der Waals surface area contributed by atoms with Crippen LogP contribution >= 0.6 is 0 Å². The van der Waals surface area contributed by atoms with Crippen molar-refractivity contribution in [3.8, 4) is 0 Å². The molecule has 0 unspecified atom stereocenters. The molecule has 42 heavy (non-hydrogen) atoms. The highest BCUT2D eigenvalue weighted by molar-refractivity contribution is 6.07. The third kappa shape index (κ3) is 5.16. The Hall–Kier alpha value is -4.49. The number of aliphatic hydroxyl groups excluding tert-OH is 1. The van der Waals surface area contributed by atoms with E-state index in [1.165, 1.54) is 5.57 Å². The number of nitrogens with zero attached hydrogens (tertiary/aromatic N) is 4. The van der Waals surface area contributed by atoms with Gasteiger partial charge in [0.25, 0.3) is 11.8 Å². The van der Waals surface area contributed by atoms with Gasteiger partial charge in [-0.05, 0) is 103 Å². The number of carbonyl (C=O) groups excluding carboxylic acids is 2. The van der Waals surface area contributed by atoms with E-state index in [0.29, 0.717) is 30.9 Å². The molecule has 0 bridgehead atoms. The molecule has 0 radical (unpaired) electrons. The van der Waals surface area contributed by atoms with Gasteiger partial charge in [-0.25, -0.2) is 0 Å². The van der Waals surface area contributed by atoms with E-state index < -0.39 is 6.10 Å². The Morgan fingerprint density at radius 2 is 1.86 bits per heavy atom. The molecule has 2 aromatic heterocycles. The zero-order chi connectivity index (χ0) is 29.4. The highest BCUT2D eigenvalue weighted by Gasteiger charge is 2.29. The van der Waals surface area contributed by atoms with E-state index in [9.17, 15) is 14.7 Å². The first-order chi connectivity index (χ1) is 20.3. The summed E-state index contributed by atoms with van der Waals surface area (Å²) >= 11 is 0. The van der Waals surface area contributed by atoms with E-state index in [2.05, 4.69) is 4.98 Å². The van der Waals surface area contributed by atoms with Crippen molar-refractivity contribution >= 4 is 23.1 Å². The topological polar surface area (TPSA) is 78.7 Å². The SMILES string of the molecule is CC1=C(c2ccc(C(=O)N3Cc4ccc(C(=O)N(C)Cc5cccnc5)n4Cc4ccccc43)cc2C)CCC[C@H]1O. The number of allylic oxidation sites excluding steroid dienone is 1. The Labute approximate surface area is 246 Å². The first-order valence-electron chi connectivity index (χ1n) is 14.5. The standard InChI is InChI=1S/C35H36N4O3/c1-23-18-26(13-15-29(23)30-10-6-12-33(40)24(30)2)34(41)39-22-28-14-16-32(38(28)21-27-9-4-5-11-31(27)39)35(42)37(3)20-25-8-7-17-36-19-25/h4-5,7-9,11,13-19,33,40H,6,10,12,20-22H2,1-3H3/t33-/m1/s1. The molecule has 0 saturated carbocycles. The van der Waals surface area contributed by atoms with Gasteiger partial charge in [0.15, 0.2) is 0 Å². The van der Waals surface area contributed by atoms with Crippen LogP contribution in [0.15, 0.2) is 84.7 Å². The molecule has 4 aromatic rings. The summed E-state index contributed by atoms with van der Waals surface area (Å²) < 4.78 is 2.03. The van der Waals surface area contributed by atoms with Crippen LogP contribution in [0.5, 0.6) is 0 Å². The summed E-state index contributed by atoms with van der Waals surface area (Å²) in [5.41, 5.74) is 9.27. The Kier molecular flexibility index (Phi) is 7.52. The molecule has 7 heteroatoms. The molecular weight excluding hydrogens is 524 g/mol. The molecule has 1 aliphatic heterocycles. The highest BCUT2D eigenvalue weighted by Crippen LogP contribution is 2.35. The average Bonchev–Trinajstić information content (AvgIpc) is 3.31. The van der Waals surface area contributed by atoms with Gasteiger partial charge >= 0.3 is 0 Å². The van der Waals surface area contributed by atoms with E-state index in [1.807, 2.05) is 90.0 Å². The van der Waals surface area contributed by atoms with Crippen molar-refractivity contribution in [3.05, 3.63) is 124 Å². The summed E-state index contributed by atoms with van der Waals surface area (Å²) in [7, 11) is 1.80. The summed E-state index contributed by atoms with van der Waals surface area (Å²) in [5.74, 6) is -0.159. The second-order valence-electron chi connectivity index (χ2n) is 11.4. The number of benzene rings is 2. The van der Waals surface area contributed by atoms with Gasteiger partial charge in [-0.2, -0.15) is 0 Å². The monoisotopic (exact) mass is 560 g/mol. The fourth-order valence-electron chi connectivity index (χ4n) is 6.29. The van der Waals surface area contributed by atoms with Gasteiger partial charge in [0.05, 0.1) is 19.2 Å². The lowest BCUT2D eigenvalue weighted by Crippen LogP contribution is -2.31. The minimum atomic E-state index is -0.397. The Bertz CT molecular complexity index is 1690. The van der Waals surface area contributed by atoms with E-state index in [0.717, 1.165) is 58.5 Å². The van der Waals surface area contributed by atoms with E-state index in [4.69, 9.17) is 0 Å². The maximum atomic E-state index is 14.1. The van der Waals surface area contributed by atoms with Crippen molar-refractivity contribution in [2.75, 3.05) is 11.9 Å². The lowest BCUT2D eigenvalue weighted by molar-refractivity contribution is 0.0774. The third-order valence-electron chi connectivity index (χ3n) is 8.63. The van der Waals surface area contributed by atoms with Crippen LogP contribution < -0.4 is 4.90 Å². The number of anilines is 1. The summed E-state index contributed by atoms with van der Waals surface area (Å²) in [6, 6.07) is 21.5. The first kappa shape index (κ1) is 27.7. The molecule has 0 saturated heterocycles. The van der Waals surface area contributed by atoms with Gasteiger partial charge in [0, 0.05) is 42.9 Å². The molecule has 1 N–H and O–H groups in total. The molecule has 1 atom stereocenters. The lowest BCUT2D eigenvalue weighted by atomic mass is 9.84. The lowest BCUT2D eigenvalue weighted by Gasteiger charge is -2.25. The van der Waals surface area contributed by atoms with Gasteiger partial charge in [-0.15, -0.1) is 0 Å². The summed E-state index contributed by atoms with van der Waals surface area (Å²) in [4.78, 5) is 35.4. The molecular formula is C35H36N4O3. The second kappa shape index (κ2) is 11.4. The number of para-hydroxylation sites is 1. The fourth-order valence-corrected chi connectivity index (χ4v) is 6.29. The summed E-state index contributed by atoms with van der Waals surface area (Å²) in [5, 5.41) is 10.4. The largest absolute Gasteiger partial charge is 0.389 e. The van der Waals surface area contributed by atoms with Gasteiger partial charge in [-0.1, -0.05) is 30.3 Å². The van der Waals surface area contributed by atoms with Crippen molar-refractivity contribution < 1.29 is 14.7 Å². The number of hydrogen-bond acceptors (Lipinski definition) is 4. The third-order valence-corrected chi connectivity index (χ3v) is 8.63. The quantitative estimate of drug-likeness (QED) is 0.325. The van der Waals surface area contributed by atoms with Gasteiger partial charge < -0.3 is 19.5 Å². The van der Waals surface area contributed by atoms with Crippen LogP contribution in [0, 0.1) is 6.92 Å². The minimum Gasteiger partial charge on any atom is -0.389 e. The molecule has 0 fully saturated rings. The Morgan fingerprint density at radius 1 is 1.02 bits per heavy atom. The number of aromatic nitrogens is 2. The predicted molar refractivity (Wildman–Crippen MR) is 164 cm³/mol. The number of aliphatic hydroxyl groups is 1. The van der Waals surface area contributed by atoms with E-state index in [-0.39, 0.29) is 11.8 Å². The highest BCUT2D eigenvalue weighted by atomic mass is 16.3. The number of pyridine rings is 1. The number of carbonyl (C=O) groups is 2. The van der Waals surface area contributed by atoms with Crippen LogP contribution in [0.1, 0.15) is 75.0 Å². The first-order valence-corrected chi connectivity index (χ1v) is 14.5. The molecule has 6 rings (SSSR count). The van der Waals surface area contributed by atoms with Crippen molar-refractivity contribution in [1.82, 2.24) is 14.5 Å². The van der Waals surface area contributed by atoms with Crippen LogP contribution in [-0.4, -0.2) is 44.5 Å². The zero-order valence-corrected chi connectivity index (χ0v) is 24.4. The molecule has 2 aliphatic rings. The van der Waals surface area contributed by atoms with Crippen molar-refractivity contribution in [1.29, 1.82) is 0 Å². The van der Waals surface area contributed by atoms with Crippen LogP contribution in [0.4, 0.5) is 5.69 Å². The van der Waals surface area contributed by atoms with Gasteiger partial charge in [-0.3, -0.25) is 14.6 Å². The Balaban J connectivity index is 1.31. The number of hydrogen-bond donors (Lipinski definition) is 1. The smallest absolute Gasteiger partial charge is 0.270 e. The number of amides is 2. The fraction of sp³-hybridized carbons (Fsp3) is 0.286. The molecule has 1 aliphatic carbocycles. The number of aryl methyl sites for hydroxylation is 1. The summed E-state index contributed by atoms with van der Waals surface area (Å²) in [6.07, 6.45) is 5.79. The van der Waals surface area contributed by atoms with Crippen molar-refractivity contribution in [3.63, 3.8) is 0 Å². The van der Waals surface area contributed by atoms with Crippen LogP contribution in [0.3, 0.4) is 0 Å². The van der Waals surface area contributed by atoms with Gasteiger partial charge in [0.1, 0.15) is 5.69 Å². The van der Waals surface area contributed by atoms with E-state index in [1.54, 1.807) is 24.3 Å². The molecule has 3 heterocycles. The maximum absolute atomic E-state index is 14.1. The summed E-state index contributed by atoms with van der Waals surface area (Å²) in [6.45, 7) is 5.36.